The largest absolute Gasteiger partial charge is 0.497 e. The summed E-state index contributed by atoms with van der Waals surface area (Å²) in [4.78, 5) is 11.2. The highest BCUT2D eigenvalue weighted by molar-refractivity contribution is 5.75. The number of aromatic nitrogens is 1. The van der Waals surface area contributed by atoms with E-state index >= 15 is 0 Å². The lowest BCUT2D eigenvalue weighted by atomic mass is 10.0. The van der Waals surface area contributed by atoms with E-state index in [1.54, 1.807) is 14.2 Å². The van der Waals surface area contributed by atoms with Crippen LogP contribution in [-0.2, 0) is 11.2 Å². The summed E-state index contributed by atoms with van der Waals surface area (Å²) in [5.41, 5.74) is 4.91. The zero-order valence-corrected chi connectivity index (χ0v) is 15.7. The first-order chi connectivity index (χ1) is 13.0. The summed E-state index contributed by atoms with van der Waals surface area (Å²) in [6.07, 6.45) is 2.45. The molecule has 5 heteroatoms. The molecule has 0 bridgehead atoms. The molecule has 0 aliphatic carbocycles. The lowest BCUT2D eigenvalue weighted by Crippen LogP contribution is -2.06. The van der Waals surface area contributed by atoms with Crippen LogP contribution in [0.15, 0.2) is 54.7 Å². The maximum Gasteiger partial charge on any atom is 0.303 e. The molecule has 1 aromatic heterocycles. The fraction of sp³-hybridized carbons (Fsp3) is 0.227. The minimum atomic E-state index is -0.819. The topological polar surface area (TPSA) is 60.7 Å². The van der Waals surface area contributed by atoms with Gasteiger partial charge in [-0.1, -0.05) is 18.2 Å². The monoisotopic (exact) mass is 365 g/mol. The van der Waals surface area contributed by atoms with E-state index < -0.39 is 5.97 Å². The van der Waals surface area contributed by atoms with Crippen LogP contribution in [0.1, 0.15) is 17.7 Å². The molecule has 3 aromatic rings. The van der Waals surface area contributed by atoms with Gasteiger partial charge >= 0.3 is 5.97 Å². The Labute approximate surface area is 158 Å². The Hall–Kier alpha value is -3.21. The number of rotatable bonds is 7. The maximum absolute atomic E-state index is 11.2. The van der Waals surface area contributed by atoms with Gasteiger partial charge in [0, 0.05) is 28.7 Å². The molecule has 0 atom stereocenters. The van der Waals surface area contributed by atoms with Crippen molar-refractivity contribution in [1.29, 1.82) is 0 Å². The third kappa shape index (κ3) is 3.82. The average molecular weight is 365 g/mol. The molecule has 1 heterocycles. The fourth-order valence-electron chi connectivity index (χ4n) is 3.31. The molecule has 2 aromatic carbocycles. The maximum atomic E-state index is 11.2. The Balaban J connectivity index is 2.15. The highest BCUT2D eigenvalue weighted by Crippen LogP contribution is 2.35. The van der Waals surface area contributed by atoms with E-state index in [1.807, 2.05) is 61.7 Å². The minimum Gasteiger partial charge on any atom is -0.497 e. The summed E-state index contributed by atoms with van der Waals surface area (Å²) < 4.78 is 12.9. The molecule has 0 radical (unpaired) electrons. The normalized spacial score (nSPS) is 10.6. The molecule has 0 aliphatic heterocycles. The first kappa shape index (κ1) is 18.6. The van der Waals surface area contributed by atoms with Crippen LogP contribution in [0.2, 0.25) is 0 Å². The molecule has 3 rings (SSSR count). The van der Waals surface area contributed by atoms with Crippen LogP contribution in [0.25, 0.3) is 16.8 Å². The number of para-hydroxylation sites is 1. The molecular weight excluding hydrogens is 342 g/mol. The molecule has 140 valence electrons. The standard InChI is InChI=1S/C22H23NO4/c1-15-14-16(26-2)8-9-19(15)23-13-12-17(20(23)10-11-22(24)25)18-6-4-5-7-21(18)27-3/h4-9,12-14H,10-11H2,1-3H3,(H,24,25). The van der Waals surface area contributed by atoms with Gasteiger partial charge in [-0.3, -0.25) is 4.79 Å². The number of hydrogen-bond acceptors (Lipinski definition) is 3. The zero-order valence-electron chi connectivity index (χ0n) is 15.7. The van der Waals surface area contributed by atoms with Crippen molar-refractivity contribution in [2.75, 3.05) is 14.2 Å². The Morgan fingerprint density at radius 3 is 2.48 bits per heavy atom. The van der Waals surface area contributed by atoms with Gasteiger partial charge in [0.05, 0.1) is 20.6 Å². The summed E-state index contributed by atoms with van der Waals surface area (Å²) in [6, 6.07) is 15.7. The molecule has 0 saturated heterocycles. The fourth-order valence-corrected chi connectivity index (χ4v) is 3.31. The predicted octanol–water partition coefficient (Wildman–Crippen LogP) is 4.49. The number of carboxylic acid groups (broad SMARTS) is 1. The first-order valence-electron chi connectivity index (χ1n) is 8.75. The van der Waals surface area contributed by atoms with Crippen molar-refractivity contribution in [3.05, 3.63) is 66.0 Å². The average Bonchev–Trinajstić information content (AvgIpc) is 3.09. The van der Waals surface area contributed by atoms with Crippen LogP contribution in [0, 0.1) is 6.92 Å². The van der Waals surface area contributed by atoms with Crippen molar-refractivity contribution in [2.24, 2.45) is 0 Å². The van der Waals surface area contributed by atoms with Gasteiger partial charge in [0.1, 0.15) is 11.5 Å². The van der Waals surface area contributed by atoms with Gasteiger partial charge in [-0.05, 0) is 49.2 Å². The summed E-state index contributed by atoms with van der Waals surface area (Å²) in [5.74, 6) is 0.735. The molecule has 0 amide bonds. The van der Waals surface area contributed by atoms with Crippen LogP contribution in [-0.4, -0.2) is 29.9 Å². The Morgan fingerprint density at radius 1 is 1.04 bits per heavy atom. The second kappa shape index (κ2) is 7.99. The number of nitrogens with zero attached hydrogens (tertiary/aromatic N) is 1. The third-order valence-electron chi connectivity index (χ3n) is 4.63. The van der Waals surface area contributed by atoms with E-state index in [0.717, 1.165) is 39.6 Å². The molecule has 5 nitrogen and oxygen atoms in total. The molecule has 1 N–H and O–H groups in total. The van der Waals surface area contributed by atoms with Crippen LogP contribution in [0.4, 0.5) is 0 Å². The first-order valence-corrected chi connectivity index (χ1v) is 8.75. The molecule has 0 saturated carbocycles. The predicted molar refractivity (Wildman–Crippen MR) is 105 cm³/mol. The molecule has 27 heavy (non-hydrogen) atoms. The lowest BCUT2D eigenvalue weighted by Gasteiger charge is -2.15. The highest BCUT2D eigenvalue weighted by Gasteiger charge is 2.17. The van der Waals surface area contributed by atoms with E-state index in [1.165, 1.54) is 0 Å². The number of carbonyl (C=O) groups is 1. The minimum absolute atomic E-state index is 0.0569. The van der Waals surface area contributed by atoms with Gasteiger partial charge in [0.15, 0.2) is 0 Å². The second-order valence-electron chi connectivity index (χ2n) is 6.29. The number of methoxy groups -OCH3 is 2. The zero-order chi connectivity index (χ0) is 19.4. The Bertz CT molecular complexity index is 959. The van der Waals surface area contributed by atoms with E-state index in [-0.39, 0.29) is 6.42 Å². The molecular formula is C22H23NO4. The summed E-state index contributed by atoms with van der Waals surface area (Å²) in [6.45, 7) is 2.02. The summed E-state index contributed by atoms with van der Waals surface area (Å²) in [7, 11) is 3.28. The van der Waals surface area contributed by atoms with E-state index in [9.17, 15) is 9.90 Å². The van der Waals surface area contributed by atoms with Gasteiger partial charge < -0.3 is 19.1 Å². The van der Waals surface area contributed by atoms with Crippen molar-refractivity contribution in [3.63, 3.8) is 0 Å². The quantitative estimate of drug-likeness (QED) is 0.670. The number of carboxylic acids is 1. The molecule has 0 unspecified atom stereocenters. The molecule has 0 fully saturated rings. The number of aliphatic carboxylic acids is 1. The van der Waals surface area contributed by atoms with Gasteiger partial charge in [-0.25, -0.2) is 0 Å². The number of aryl methyl sites for hydroxylation is 1. The van der Waals surface area contributed by atoms with Crippen molar-refractivity contribution in [2.45, 2.75) is 19.8 Å². The Morgan fingerprint density at radius 2 is 1.81 bits per heavy atom. The summed E-state index contributed by atoms with van der Waals surface area (Å²) >= 11 is 0. The second-order valence-corrected chi connectivity index (χ2v) is 6.29. The van der Waals surface area contributed by atoms with E-state index in [2.05, 4.69) is 4.57 Å². The van der Waals surface area contributed by atoms with Crippen molar-refractivity contribution >= 4 is 5.97 Å². The third-order valence-corrected chi connectivity index (χ3v) is 4.63. The van der Waals surface area contributed by atoms with E-state index in [0.29, 0.717) is 6.42 Å². The number of hydrogen-bond donors (Lipinski definition) is 1. The van der Waals surface area contributed by atoms with Gasteiger partial charge in [-0.2, -0.15) is 0 Å². The van der Waals surface area contributed by atoms with E-state index in [4.69, 9.17) is 9.47 Å². The highest BCUT2D eigenvalue weighted by atomic mass is 16.5. The van der Waals surface area contributed by atoms with Crippen LogP contribution in [0.5, 0.6) is 11.5 Å². The van der Waals surface area contributed by atoms with Crippen LogP contribution in [0.3, 0.4) is 0 Å². The smallest absolute Gasteiger partial charge is 0.303 e. The number of ether oxygens (including phenoxy) is 2. The van der Waals surface area contributed by atoms with Crippen molar-refractivity contribution in [3.8, 4) is 28.3 Å². The number of benzene rings is 2. The summed E-state index contributed by atoms with van der Waals surface area (Å²) in [5, 5.41) is 9.21. The lowest BCUT2D eigenvalue weighted by molar-refractivity contribution is -0.136. The Kier molecular flexibility index (Phi) is 5.50. The van der Waals surface area contributed by atoms with Crippen molar-refractivity contribution < 1.29 is 19.4 Å². The molecule has 0 spiro atoms. The van der Waals surface area contributed by atoms with Gasteiger partial charge in [0.2, 0.25) is 0 Å². The van der Waals surface area contributed by atoms with Gasteiger partial charge in [0.25, 0.3) is 0 Å². The van der Waals surface area contributed by atoms with Crippen LogP contribution < -0.4 is 9.47 Å². The molecule has 0 aliphatic rings. The van der Waals surface area contributed by atoms with Crippen molar-refractivity contribution in [1.82, 2.24) is 4.57 Å². The van der Waals surface area contributed by atoms with Gasteiger partial charge in [-0.15, -0.1) is 0 Å². The van der Waals surface area contributed by atoms with Crippen LogP contribution >= 0.6 is 0 Å². The SMILES string of the molecule is COc1ccc(-n2ccc(-c3ccccc3OC)c2CCC(=O)O)c(C)c1.